The first-order valence-electron chi connectivity index (χ1n) is 11.1. The Morgan fingerprint density at radius 1 is 0.879 bits per heavy atom. The third-order valence-corrected chi connectivity index (χ3v) is 6.97. The van der Waals surface area contributed by atoms with Crippen LogP contribution < -0.4 is 10.3 Å². The monoisotopic (exact) mass is 452 g/mol. The molecule has 0 amide bonds. The Morgan fingerprint density at radius 3 is 2.30 bits per heavy atom. The molecule has 0 spiro atoms. The van der Waals surface area contributed by atoms with Gasteiger partial charge < -0.3 is 9.32 Å². The van der Waals surface area contributed by atoms with Crippen molar-refractivity contribution in [2.24, 2.45) is 0 Å². The third-order valence-electron chi connectivity index (χ3n) is 5.89. The minimum absolute atomic E-state index is 0.0279. The number of rotatable bonds is 6. The molecule has 3 aromatic carbocycles. The van der Waals surface area contributed by atoms with Gasteiger partial charge in [0.1, 0.15) is 16.9 Å². The van der Waals surface area contributed by atoms with E-state index in [1.54, 1.807) is 12.5 Å². The molecule has 0 fully saturated rings. The maximum Gasteiger partial charge on any atom is 0.201 e. The van der Waals surface area contributed by atoms with Gasteiger partial charge in [-0.1, -0.05) is 54.6 Å². The zero-order chi connectivity index (χ0) is 22.8. The largest absolute Gasteiger partial charge is 0.463 e. The van der Waals surface area contributed by atoms with Crippen LogP contribution in [-0.2, 0) is 0 Å². The molecule has 164 valence electrons. The second-order valence-electron chi connectivity index (χ2n) is 7.80. The molecule has 0 aliphatic heterocycles. The molecule has 4 nitrogen and oxygen atoms in total. The predicted molar refractivity (Wildman–Crippen MR) is 138 cm³/mol. The highest BCUT2D eigenvalue weighted by molar-refractivity contribution is 7.18. The van der Waals surface area contributed by atoms with Crippen molar-refractivity contribution in [3.05, 3.63) is 95.5 Å². The van der Waals surface area contributed by atoms with E-state index in [1.165, 1.54) is 16.9 Å². The van der Waals surface area contributed by atoms with E-state index in [0.717, 1.165) is 39.8 Å². The first-order valence-corrected chi connectivity index (χ1v) is 11.9. The molecular formula is C28H24N2O2S. The van der Waals surface area contributed by atoms with Crippen molar-refractivity contribution in [3.8, 4) is 32.1 Å². The molecule has 0 aliphatic rings. The summed E-state index contributed by atoms with van der Waals surface area (Å²) in [6, 6.07) is 24.5. The highest BCUT2D eigenvalue weighted by atomic mass is 32.1. The highest BCUT2D eigenvalue weighted by Crippen LogP contribution is 2.33. The van der Waals surface area contributed by atoms with Crippen LogP contribution in [0.5, 0.6) is 0 Å². The average molecular weight is 453 g/mol. The van der Waals surface area contributed by atoms with Gasteiger partial charge in [-0.2, -0.15) is 0 Å². The minimum atomic E-state index is -0.0279. The first-order chi connectivity index (χ1) is 16.2. The van der Waals surface area contributed by atoms with Gasteiger partial charge in [-0.3, -0.25) is 4.79 Å². The Kier molecular flexibility index (Phi) is 5.80. The Labute approximate surface area is 196 Å². The molecule has 0 atom stereocenters. The van der Waals surface area contributed by atoms with E-state index in [4.69, 9.17) is 4.42 Å². The molecule has 0 radical (unpaired) electrons. The van der Waals surface area contributed by atoms with Crippen LogP contribution in [0.15, 0.2) is 94.5 Å². The molecule has 0 N–H and O–H groups in total. The van der Waals surface area contributed by atoms with Gasteiger partial charge in [0.2, 0.25) is 5.43 Å². The van der Waals surface area contributed by atoms with Crippen LogP contribution in [0.25, 0.3) is 43.1 Å². The van der Waals surface area contributed by atoms with E-state index in [0.29, 0.717) is 16.5 Å². The van der Waals surface area contributed by atoms with Gasteiger partial charge in [-0.15, -0.1) is 11.3 Å². The van der Waals surface area contributed by atoms with Crippen molar-refractivity contribution in [2.45, 2.75) is 13.8 Å². The number of anilines is 1. The van der Waals surface area contributed by atoms with Crippen molar-refractivity contribution in [1.82, 2.24) is 4.98 Å². The van der Waals surface area contributed by atoms with Gasteiger partial charge in [-0.05, 0) is 43.2 Å². The van der Waals surface area contributed by atoms with E-state index < -0.39 is 0 Å². The summed E-state index contributed by atoms with van der Waals surface area (Å²) < 4.78 is 5.82. The third kappa shape index (κ3) is 4.08. The zero-order valence-corrected chi connectivity index (χ0v) is 19.4. The van der Waals surface area contributed by atoms with Crippen molar-refractivity contribution in [2.75, 3.05) is 18.0 Å². The molecule has 2 heterocycles. The lowest BCUT2D eigenvalue weighted by Crippen LogP contribution is -2.21. The lowest BCUT2D eigenvalue weighted by molar-refractivity contribution is 0.604. The van der Waals surface area contributed by atoms with Gasteiger partial charge in [0, 0.05) is 30.5 Å². The van der Waals surface area contributed by atoms with Crippen LogP contribution in [-0.4, -0.2) is 18.1 Å². The van der Waals surface area contributed by atoms with Crippen molar-refractivity contribution in [1.29, 1.82) is 0 Å². The quantitative estimate of drug-likeness (QED) is 0.276. The Balaban J connectivity index is 1.48. The second-order valence-corrected chi connectivity index (χ2v) is 8.83. The zero-order valence-electron chi connectivity index (χ0n) is 18.6. The van der Waals surface area contributed by atoms with Crippen LogP contribution in [0.1, 0.15) is 13.8 Å². The van der Waals surface area contributed by atoms with E-state index in [-0.39, 0.29) is 5.43 Å². The molecule has 0 saturated carbocycles. The summed E-state index contributed by atoms with van der Waals surface area (Å²) in [7, 11) is 0. The fourth-order valence-corrected chi connectivity index (χ4v) is 4.97. The Hall–Kier alpha value is -3.70. The fraction of sp³-hybridized carbons (Fsp3) is 0.143. The van der Waals surface area contributed by atoms with Crippen LogP contribution in [0, 0.1) is 0 Å². The van der Waals surface area contributed by atoms with Gasteiger partial charge in [0.15, 0.2) is 0 Å². The fourth-order valence-electron chi connectivity index (χ4n) is 4.04. The molecule has 2 aromatic heterocycles. The summed E-state index contributed by atoms with van der Waals surface area (Å²) in [6.07, 6.45) is 3.31. The summed E-state index contributed by atoms with van der Waals surface area (Å²) in [5.74, 6) is 0. The number of thiazole rings is 1. The van der Waals surface area contributed by atoms with E-state index in [2.05, 4.69) is 60.1 Å². The molecular weight excluding hydrogens is 428 g/mol. The van der Waals surface area contributed by atoms with Crippen LogP contribution in [0.2, 0.25) is 0 Å². The maximum atomic E-state index is 13.3. The highest BCUT2D eigenvalue weighted by Gasteiger charge is 2.14. The number of nitrogens with zero attached hydrogens (tertiary/aromatic N) is 2. The molecule has 33 heavy (non-hydrogen) atoms. The Morgan fingerprint density at radius 2 is 1.58 bits per heavy atom. The van der Waals surface area contributed by atoms with E-state index in [1.807, 2.05) is 36.4 Å². The standard InChI is InChI=1S/C28H24N2O2S/c1-3-30(4-2)22-14-15-25-23(16-22)27(31)24(18-32-25)26-17-29-28(33-26)21-12-10-20(11-13-21)19-8-6-5-7-9-19/h5-18H,3-4H2,1-2H3. The number of benzene rings is 3. The van der Waals surface area contributed by atoms with Gasteiger partial charge in [-0.25, -0.2) is 4.98 Å². The van der Waals surface area contributed by atoms with Gasteiger partial charge in [0.25, 0.3) is 0 Å². The molecule has 0 aliphatic carbocycles. The lowest BCUT2D eigenvalue weighted by atomic mass is 10.0. The average Bonchev–Trinajstić information content (AvgIpc) is 3.36. The summed E-state index contributed by atoms with van der Waals surface area (Å²) in [5, 5.41) is 1.47. The van der Waals surface area contributed by atoms with E-state index in [9.17, 15) is 4.79 Å². The lowest BCUT2D eigenvalue weighted by Gasteiger charge is -2.21. The number of hydrogen-bond donors (Lipinski definition) is 0. The number of aromatic nitrogens is 1. The smallest absolute Gasteiger partial charge is 0.201 e. The van der Waals surface area contributed by atoms with Crippen molar-refractivity contribution in [3.63, 3.8) is 0 Å². The minimum Gasteiger partial charge on any atom is -0.463 e. The van der Waals surface area contributed by atoms with Crippen LogP contribution >= 0.6 is 11.3 Å². The van der Waals surface area contributed by atoms with Gasteiger partial charge in [0.05, 0.1) is 15.8 Å². The van der Waals surface area contributed by atoms with Gasteiger partial charge >= 0.3 is 0 Å². The topological polar surface area (TPSA) is 46.3 Å². The number of fused-ring (bicyclic) bond motifs is 1. The summed E-state index contributed by atoms with van der Waals surface area (Å²) in [4.78, 5) is 20.9. The normalized spacial score (nSPS) is 11.1. The summed E-state index contributed by atoms with van der Waals surface area (Å²) >= 11 is 1.50. The molecule has 0 saturated heterocycles. The SMILES string of the molecule is CCN(CC)c1ccc2occ(-c3cnc(-c4ccc(-c5ccccc5)cc4)s3)c(=O)c2c1. The number of hydrogen-bond acceptors (Lipinski definition) is 5. The molecule has 5 aromatic rings. The Bertz CT molecular complexity index is 1450. The molecule has 5 heteroatoms. The van der Waals surface area contributed by atoms with Crippen LogP contribution in [0.4, 0.5) is 5.69 Å². The molecule has 5 rings (SSSR count). The maximum absolute atomic E-state index is 13.3. The van der Waals surface area contributed by atoms with Crippen molar-refractivity contribution >= 4 is 28.0 Å². The van der Waals surface area contributed by atoms with E-state index >= 15 is 0 Å². The first kappa shape index (κ1) is 21.2. The molecule has 0 unspecified atom stereocenters. The predicted octanol–water partition coefficient (Wildman–Crippen LogP) is 7.10. The van der Waals surface area contributed by atoms with Crippen LogP contribution in [0.3, 0.4) is 0 Å². The molecule has 0 bridgehead atoms. The summed E-state index contributed by atoms with van der Waals surface area (Å²) in [6.45, 7) is 5.98. The summed E-state index contributed by atoms with van der Waals surface area (Å²) in [5.41, 5.74) is 5.52. The van der Waals surface area contributed by atoms with Crippen molar-refractivity contribution < 1.29 is 4.42 Å². The second kappa shape index (κ2) is 9.04.